The van der Waals surface area contributed by atoms with Crippen LogP contribution in [0.25, 0.3) is 38.8 Å². The molecule has 0 spiro atoms. The Labute approximate surface area is 330 Å². The van der Waals surface area contributed by atoms with Gasteiger partial charge in [0.15, 0.2) is 0 Å². The molecule has 0 saturated carbocycles. The molecule has 6 aromatic carbocycles. The summed E-state index contributed by atoms with van der Waals surface area (Å²) in [5, 5.41) is 2.20. The van der Waals surface area contributed by atoms with Crippen molar-refractivity contribution in [1.29, 1.82) is 0 Å². The average molecular weight is 872 g/mol. The smallest absolute Gasteiger partial charge is 0.358 e. The maximum absolute atomic E-state index is 8.26. The van der Waals surface area contributed by atoms with E-state index in [0.29, 0.717) is 5.69 Å². The maximum Gasteiger partial charge on any atom is 2.00 e. The Balaban J connectivity index is 0.00000441. The Kier molecular flexibility index (Phi) is 8.01. The minimum Gasteiger partial charge on any atom is -0.358 e. The van der Waals surface area contributed by atoms with Crippen molar-refractivity contribution < 1.29 is 25.2 Å². The summed E-state index contributed by atoms with van der Waals surface area (Å²) in [5.74, 6) is 0.818. The minimum atomic E-state index is -2.29. The predicted octanol–water partition coefficient (Wildman–Crippen LogP) is 11.7. The summed E-state index contributed by atoms with van der Waals surface area (Å²) in [7, 11) is 0. The van der Waals surface area contributed by atoms with Crippen LogP contribution in [0.1, 0.15) is 26.4 Å². The van der Waals surface area contributed by atoms with E-state index in [0.717, 1.165) is 72.8 Å². The van der Waals surface area contributed by atoms with Gasteiger partial charge in [0.2, 0.25) is 0 Å². The van der Waals surface area contributed by atoms with Crippen LogP contribution in [0, 0.1) is 39.8 Å². The molecule has 6 heteroatoms. The average Bonchev–Trinajstić information content (AvgIpc) is 3.73. The third kappa shape index (κ3) is 5.80. The first kappa shape index (κ1) is 30.9. The van der Waals surface area contributed by atoms with Crippen LogP contribution in [0.15, 0.2) is 134 Å². The molecule has 1 aliphatic rings. The molecule has 3 heterocycles. The normalized spacial score (nSPS) is 13.4. The zero-order valence-electron chi connectivity index (χ0n) is 33.0. The third-order valence-electron chi connectivity index (χ3n) is 10.3. The monoisotopic (exact) mass is 871 g/mol. The van der Waals surface area contributed by atoms with E-state index in [9.17, 15) is 0 Å². The van der Waals surface area contributed by atoms with E-state index in [1.807, 2.05) is 47.5 Å². The molecule has 1 aliphatic heterocycles. The van der Waals surface area contributed by atoms with E-state index >= 15 is 0 Å². The molecule has 0 radical (unpaired) electrons. The number of nitrogens with zero attached hydrogens (tertiary/aromatic N) is 5. The van der Waals surface area contributed by atoms with Crippen LogP contribution >= 0.6 is 0 Å². The number of benzene rings is 6. The minimum absolute atomic E-state index is 0. The molecule has 0 aliphatic carbocycles. The van der Waals surface area contributed by atoms with Crippen LogP contribution in [0.3, 0.4) is 0 Å². The number of aromatic nitrogens is 2. The standard InChI is InChI=1S/C47H39N5.Pt/c1-31-13-10-14-32(2)46(31)35-25-26-48-45(27-35)52-41-20-7-6-19-39(41)40-24-23-38(29-44(40)52)51(47-33(3)15-11-16-34(47)4)37-18-12-17-36(28-37)50-30-49(5)42-21-8-9-22-43(42)50;/h6-27H,30H2,1-5H3;/q-2;+2/i5D3;. The van der Waals surface area contributed by atoms with Crippen molar-refractivity contribution in [3.63, 3.8) is 0 Å². The second-order valence-electron chi connectivity index (χ2n) is 13.6. The van der Waals surface area contributed by atoms with Crippen molar-refractivity contribution in [2.45, 2.75) is 27.7 Å². The van der Waals surface area contributed by atoms with Gasteiger partial charge in [0, 0.05) is 28.5 Å². The number of hydrogen-bond donors (Lipinski definition) is 0. The van der Waals surface area contributed by atoms with Crippen molar-refractivity contribution in [1.82, 2.24) is 9.55 Å². The Morgan fingerprint density at radius 1 is 0.660 bits per heavy atom. The van der Waals surface area contributed by atoms with Crippen LogP contribution in [0.2, 0.25) is 0 Å². The Hall–Kier alpha value is -5.64. The predicted molar refractivity (Wildman–Crippen MR) is 217 cm³/mol. The fourth-order valence-electron chi connectivity index (χ4n) is 7.90. The second-order valence-corrected chi connectivity index (χ2v) is 13.6. The number of rotatable bonds is 6. The van der Waals surface area contributed by atoms with Gasteiger partial charge in [-0.1, -0.05) is 89.3 Å². The van der Waals surface area contributed by atoms with E-state index in [2.05, 4.69) is 140 Å². The molecule has 8 aromatic rings. The fraction of sp³-hybridized carbons (Fsp3) is 0.128. The molecule has 0 fully saturated rings. The summed E-state index contributed by atoms with van der Waals surface area (Å²) < 4.78 is 27.0. The summed E-state index contributed by atoms with van der Waals surface area (Å²) in [4.78, 5) is 10.7. The summed E-state index contributed by atoms with van der Waals surface area (Å²) in [6, 6.07) is 51.1. The van der Waals surface area contributed by atoms with E-state index in [-0.39, 0.29) is 27.7 Å². The molecule has 2 aromatic heterocycles. The maximum atomic E-state index is 8.26. The first-order valence-electron chi connectivity index (χ1n) is 19.1. The topological polar surface area (TPSA) is 27.5 Å². The third-order valence-corrected chi connectivity index (χ3v) is 10.3. The first-order chi connectivity index (χ1) is 26.6. The van der Waals surface area contributed by atoms with Crippen molar-refractivity contribution in [2.75, 3.05) is 28.3 Å². The van der Waals surface area contributed by atoms with Gasteiger partial charge >= 0.3 is 21.1 Å². The number of fused-ring (bicyclic) bond motifs is 4. The van der Waals surface area contributed by atoms with Gasteiger partial charge < -0.3 is 19.3 Å². The molecule has 0 bridgehead atoms. The zero-order chi connectivity index (χ0) is 38.0. The van der Waals surface area contributed by atoms with Crippen molar-refractivity contribution in [3.05, 3.63) is 168 Å². The molecule has 0 atom stereocenters. The van der Waals surface area contributed by atoms with Crippen LogP contribution in [0.4, 0.5) is 34.1 Å². The van der Waals surface area contributed by atoms with E-state index in [4.69, 9.17) is 9.10 Å². The van der Waals surface area contributed by atoms with Gasteiger partial charge in [0.25, 0.3) is 0 Å². The van der Waals surface area contributed by atoms with Gasteiger partial charge in [0.05, 0.1) is 18.0 Å². The Bertz CT molecular complexity index is 2730. The van der Waals surface area contributed by atoms with Crippen LogP contribution in [-0.4, -0.2) is 23.2 Å². The first-order valence-corrected chi connectivity index (χ1v) is 17.6. The Morgan fingerprint density at radius 3 is 2.11 bits per heavy atom. The SMILES string of the molecule is [2H]C([2H])([2H])N1CN(c2[c-]c(N(c3[c-]c4c(cc3)c3ccccc3n4-c3cc(-c4c(C)cccc4C)ccn3)c3c(C)cccc3C)ccc2)c2ccccc21.[Pt+2]. The molecular formula is C47H39N5Pt. The molecule has 9 rings (SSSR count). The Morgan fingerprint density at radius 2 is 1.34 bits per heavy atom. The largest absolute Gasteiger partial charge is 2.00 e. The number of pyridine rings is 1. The summed E-state index contributed by atoms with van der Waals surface area (Å²) in [5.41, 5.74) is 13.9. The summed E-state index contributed by atoms with van der Waals surface area (Å²) in [6.45, 7) is 6.46. The van der Waals surface area contributed by atoms with Gasteiger partial charge in [-0.25, -0.2) is 4.98 Å². The van der Waals surface area contributed by atoms with Crippen molar-refractivity contribution in [2.24, 2.45) is 0 Å². The molecule has 5 nitrogen and oxygen atoms in total. The molecule has 53 heavy (non-hydrogen) atoms. The van der Waals surface area contributed by atoms with Gasteiger partial charge in [0.1, 0.15) is 5.82 Å². The van der Waals surface area contributed by atoms with Gasteiger partial charge in [-0.2, -0.15) is 12.1 Å². The quantitative estimate of drug-likeness (QED) is 0.156. The van der Waals surface area contributed by atoms with Crippen LogP contribution in [-0.2, 0) is 21.1 Å². The van der Waals surface area contributed by atoms with Gasteiger partial charge in [-0.15, -0.1) is 35.7 Å². The molecule has 0 N–H and O–H groups in total. The van der Waals surface area contributed by atoms with Crippen molar-refractivity contribution >= 4 is 55.9 Å². The van der Waals surface area contributed by atoms with Gasteiger partial charge in [-0.3, -0.25) is 0 Å². The zero-order valence-corrected chi connectivity index (χ0v) is 32.2. The second kappa shape index (κ2) is 13.7. The van der Waals surface area contributed by atoms with Crippen molar-refractivity contribution in [3.8, 4) is 16.9 Å². The van der Waals surface area contributed by atoms with Crippen LogP contribution < -0.4 is 14.7 Å². The van der Waals surface area contributed by atoms with Gasteiger partial charge in [-0.05, 0) is 96.8 Å². The number of anilines is 6. The molecule has 262 valence electrons. The molecular weight excluding hydrogens is 830 g/mol. The van der Waals surface area contributed by atoms with E-state index < -0.39 is 6.98 Å². The number of hydrogen-bond acceptors (Lipinski definition) is 4. The molecule has 0 unspecified atom stereocenters. The number of para-hydroxylation sites is 4. The fourth-order valence-corrected chi connectivity index (χ4v) is 7.90. The number of aryl methyl sites for hydroxylation is 4. The summed E-state index contributed by atoms with van der Waals surface area (Å²) in [6.07, 6.45) is 1.90. The molecule has 0 saturated heterocycles. The molecule has 0 amide bonds. The van der Waals surface area contributed by atoms with E-state index in [1.165, 1.54) is 21.6 Å². The van der Waals surface area contributed by atoms with E-state index in [1.54, 1.807) is 0 Å². The van der Waals surface area contributed by atoms with Crippen LogP contribution in [0.5, 0.6) is 0 Å². The summed E-state index contributed by atoms with van der Waals surface area (Å²) >= 11 is 0.